The molecule has 2 amide bonds. The molecule has 5 aromatic rings. The van der Waals surface area contributed by atoms with Crippen LogP contribution in [0.25, 0.3) is 39.2 Å². The Kier molecular flexibility index (Phi) is 12.1. The number of carbonyl (C=O) groups excluding carboxylic acids is 2. The van der Waals surface area contributed by atoms with Gasteiger partial charge in [0.1, 0.15) is 11.2 Å². The fourth-order valence-electron chi connectivity index (χ4n) is 6.45. The van der Waals surface area contributed by atoms with E-state index in [1.807, 2.05) is 48.5 Å². The maximum atomic E-state index is 13.7. The molecule has 0 aliphatic carbocycles. The molecule has 14 heteroatoms. The Morgan fingerprint density at radius 3 is 2.38 bits per heavy atom. The van der Waals surface area contributed by atoms with Gasteiger partial charge >= 0.3 is 6.09 Å². The lowest BCUT2D eigenvalue weighted by molar-refractivity contribution is -0.119. The summed E-state index contributed by atoms with van der Waals surface area (Å²) in [5.74, 6) is 0.381. The Labute approximate surface area is 329 Å². The normalized spacial score (nSPS) is 14.8. The molecular formula is C41H44Cl2N6O6. The van der Waals surface area contributed by atoms with Crippen LogP contribution in [-0.2, 0) is 22.6 Å². The quantitative estimate of drug-likeness (QED) is 0.123. The van der Waals surface area contributed by atoms with E-state index < -0.39 is 17.8 Å². The summed E-state index contributed by atoms with van der Waals surface area (Å²) in [6.07, 6.45) is 3.02. The summed E-state index contributed by atoms with van der Waals surface area (Å²) in [6.45, 7) is 8.11. The lowest BCUT2D eigenvalue weighted by Gasteiger charge is -2.29. The Balaban J connectivity index is 1.28. The van der Waals surface area contributed by atoms with Gasteiger partial charge in [0.25, 0.3) is 5.56 Å². The predicted octanol–water partition coefficient (Wildman–Crippen LogP) is 6.89. The number of pyridine rings is 2. The van der Waals surface area contributed by atoms with Crippen LogP contribution in [0.2, 0.25) is 10.0 Å². The summed E-state index contributed by atoms with van der Waals surface area (Å²) in [7, 11) is 1.56. The number of hydrogen-bond donors (Lipinski definition) is 3. The van der Waals surface area contributed by atoms with E-state index >= 15 is 0 Å². The number of carbonyl (C=O) groups is 2. The average molecular weight is 788 g/mol. The summed E-state index contributed by atoms with van der Waals surface area (Å²) < 4.78 is 12.6. The topological polar surface area (TPSA) is 147 Å². The van der Waals surface area contributed by atoms with Crippen LogP contribution in [0.1, 0.15) is 51.7 Å². The van der Waals surface area contributed by atoms with E-state index in [1.165, 1.54) is 15.5 Å². The molecule has 0 spiro atoms. The van der Waals surface area contributed by atoms with Crippen molar-refractivity contribution in [2.45, 2.75) is 71.4 Å². The number of amides is 2. The summed E-state index contributed by atoms with van der Waals surface area (Å²) in [5.41, 5.74) is 4.64. The molecule has 3 aromatic heterocycles. The van der Waals surface area contributed by atoms with E-state index in [2.05, 4.69) is 15.6 Å². The van der Waals surface area contributed by atoms with Gasteiger partial charge < -0.3 is 30.1 Å². The van der Waals surface area contributed by atoms with Crippen LogP contribution in [0.4, 0.5) is 4.79 Å². The van der Waals surface area contributed by atoms with Crippen molar-refractivity contribution in [2.24, 2.45) is 0 Å². The number of halogens is 2. The van der Waals surface area contributed by atoms with Crippen molar-refractivity contribution in [3.8, 4) is 39.4 Å². The van der Waals surface area contributed by atoms with Crippen molar-refractivity contribution < 1.29 is 24.2 Å². The molecule has 6 rings (SSSR count). The lowest BCUT2D eigenvalue weighted by atomic mass is 9.97. The highest BCUT2D eigenvalue weighted by molar-refractivity contribution is 6.39. The first-order valence-corrected chi connectivity index (χ1v) is 18.8. The molecule has 0 radical (unpaired) electrons. The molecule has 1 aliphatic heterocycles. The number of fused-ring (bicyclic) bond motifs is 1. The maximum Gasteiger partial charge on any atom is 0.410 e. The molecule has 3 N–H and O–H groups in total. The number of aliphatic hydroxyl groups is 1. The molecule has 0 unspecified atom stereocenters. The highest BCUT2D eigenvalue weighted by Gasteiger charge is 2.29. The summed E-state index contributed by atoms with van der Waals surface area (Å²) in [4.78, 5) is 49.5. The van der Waals surface area contributed by atoms with Gasteiger partial charge in [-0.05, 0) is 57.9 Å². The van der Waals surface area contributed by atoms with E-state index in [1.54, 1.807) is 53.1 Å². The third-order valence-corrected chi connectivity index (χ3v) is 9.90. The van der Waals surface area contributed by atoms with Gasteiger partial charge in [-0.1, -0.05) is 65.7 Å². The first kappa shape index (κ1) is 39.7. The molecule has 1 fully saturated rings. The third kappa shape index (κ3) is 9.28. The van der Waals surface area contributed by atoms with Crippen molar-refractivity contribution in [3.63, 3.8) is 0 Å². The van der Waals surface area contributed by atoms with E-state index in [9.17, 15) is 19.5 Å². The van der Waals surface area contributed by atoms with Gasteiger partial charge in [-0.25, -0.2) is 14.8 Å². The maximum absolute atomic E-state index is 13.7. The first-order chi connectivity index (χ1) is 26.2. The lowest BCUT2D eigenvalue weighted by Crippen LogP contribution is -2.44. The SMILES string of the molecule is COc1nc(-c2cccc(-c3cccc(-c4ccn5c(=O)c(CN(C[C@@H]6CCC(=O)N6)C(=O)OC(C)(C)C)cnc5c4)c3Cl)c2Cl)ccc1CNC[C@@H](C)O. The number of rotatable bonds is 12. The number of nitrogens with one attached hydrogen (secondary N) is 2. The van der Waals surface area contributed by atoms with Crippen molar-refractivity contribution in [3.05, 3.63) is 105 Å². The molecule has 55 heavy (non-hydrogen) atoms. The van der Waals surface area contributed by atoms with Gasteiger partial charge in [0.05, 0.1) is 41.1 Å². The average Bonchev–Trinajstić information content (AvgIpc) is 3.56. The molecule has 4 heterocycles. The highest BCUT2D eigenvalue weighted by atomic mass is 35.5. The van der Waals surface area contributed by atoms with Gasteiger partial charge in [0.15, 0.2) is 0 Å². The van der Waals surface area contributed by atoms with E-state index in [0.717, 1.165) is 11.1 Å². The molecule has 2 atom stereocenters. The second-order valence-electron chi connectivity index (χ2n) is 14.6. The molecule has 12 nitrogen and oxygen atoms in total. The van der Waals surface area contributed by atoms with Gasteiger partial charge in [-0.3, -0.25) is 14.0 Å². The van der Waals surface area contributed by atoms with Crippen LogP contribution in [-0.4, -0.2) is 74.3 Å². The van der Waals surface area contributed by atoms with E-state index in [0.29, 0.717) is 81.0 Å². The van der Waals surface area contributed by atoms with Crippen molar-refractivity contribution >= 4 is 40.8 Å². The number of methoxy groups -OCH3 is 1. The minimum absolute atomic E-state index is 0.0425. The Morgan fingerprint density at radius 2 is 1.73 bits per heavy atom. The van der Waals surface area contributed by atoms with Crippen molar-refractivity contribution in [1.82, 2.24) is 29.9 Å². The Hall–Kier alpha value is -5.01. The van der Waals surface area contributed by atoms with E-state index in [4.69, 9.17) is 37.7 Å². The molecule has 2 aromatic carbocycles. The predicted molar refractivity (Wildman–Crippen MR) is 213 cm³/mol. The van der Waals surface area contributed by atoms with E-state index in [-0.39, 0.29) is 30.6 Å². The third-order valence-electron chi connectivity index (χ3n) is 9.08. The van der Waals surface area contributed by atoms with Gasteiger partial charge in [0, 0.05) is 72.3 Å². The van der Waals surface area contributed by atoms with Crippen LogP contribution < -0.4 is 20.9 Å². The minimum atomic E-state index is -0.746. The van der Waals surface area contributed by atoms with Crippen LogP contribution in [0.15, 0.2) is 77.9 Å². The largest absolute Gasteiger partial charge is 0.481 e. The monoisotopic (exact) mass is 786 g/mol. The van der Waals surface area contributed by atoms with Crippen LogP contribution in [0, 0.1) is 0 Å². The number of aliphatic hydroxyl groups excluding tert-OH is 1. The number of ether oxygens (including phenoxy) is 2. The molecule has 1 saturated heterocycles. The molecule has 0 bridgehead atoms. The second-order valence-corrected chi connectivity index (χ2v) is 15.3. The number of benzene rings is 2. The highest BCUT2D eigenvalue weighted by Crippen LogP contribution is 2.42. The summed E-state index contributed by atoms with van der Waals surface area (Å²) in [5, 5.41) is 16.6. The first-order valence-electron chi connectivity index (χ1n) is 18.0. The number of aromatic nitrogens is 3. The standard InChI is InChI=1S/C41H44Cl2N6O6/c1-24(50)19-44-20-26-12-14-33(47-38(26)54-5)32-11-7-10-31(37(32)43)30-9-6-8-29(36(30)42)25-16-17-49-34(18-25)45-21-27(39(49)52)22-48(40(53)55-41(2,3)4)23-28-13-15-35(51)46-28/h6-12,14,16-18,21,24,28,44,50H,13,15,19-20,22-23H2,1-5H3,(H,46,51)/t24-,28+/m1/s1. The van der Waals surface area contributed by atoms with Crippen LogP contribution in [0.3, 0.4) is 0 Å². The van der Waals surface area contributed by atoms with Crippen LogP contribution in [0.5, 0.6) is 5.88 Å². The molecular weight excluding hydrogens is 743 g/mol. The fraction of sp³-hybridized carbons (Fsp3) is 0.341. The summed E-state index contributed by atoms with van der Waals surface area (Å²) in [6, 6.07) is 18.5. The smallest absolute Gasteiger partial charge is 0.410 e. The molecule has 1 aliphatic rings. The zero-order valence-electron chi connectivity index (χ0n) is 31.4. The van der Waals surface area contributed by atoms with Crippen LogP contribution >= 0.6 is 23.2 Å². The number of nitrogens with zero attached hydrogens (tertiary/aromatic N) is 4. The van der Waals surface area contributed by atoms with Crippen molar-refractivity contribution in [2.75, 3.05) is 20.2 Å². The number of hydrogen-bond acceptors (Lipinski definition) is 9. The Bertz CT molecular complexity index is 2290. The van der Waals surface area contributed by atoms with Gasteiger partial charge in [-0.15, -0.1) is 0 Å². The summed E-state index contributed by atoms with van der Waals surface area (Å²) >= 11 is 14.2. The van der Waals surface area contributed by atoms with Gasteiger partial charge in [0.2, 0.25) is 11.8 Å². The van der Waals surface area contributed by atoms with Gasteiger partial charge in [-0.2, -0.15) is 0 Å². The molecule has 288 valence electrons. The minimum Gasteiger partial charge on any atom is -0.481 e. The zero-order valence-corrected chi connectivity index (χ0v) is 32.9. The second kappa shape index (κ2) is 16.8. The van der Waals surface area contributed by atoms with Crippen molar-refractivity contribution in [1.29, 1.82) is 0 Å². The Morgan fingerprint density at radius 1 is 1.04 bits per heavy atom. The zero-order chi connectivity index (χ0) is 39.4. The molecule has 0 saturated carbocycles. The fourth-order valence-corrected chi connectivity index (χ4v) is 7.11.